The van der Waals surface area contributed by atoms with E-state index in [9.17, 15) is 13.6 Å². The molecule has 0 bridgehead atoms. The van der Waals surface area contributed by atoms with Crippen LogP contribution in [0.25, 0.3) is 0 Å². The lowest BCUT2D eigenvalue weighted by atomic mass is 10.2. The molecular formula is C15H15F2N3O. The Kier molecular flexibility index (Phi) is 4.81. The summed E-state index contributed by atoms with van der Waals surface area (Å²) in [5, 5.41) is 5.59. The summed E-state index contributed by atoms with van der Waals surface area (Å²) in [7, 11) is 0. The molecule has 4 nitrogen and oxygen atoms in total. The number of amides is 1. The zero-order valence-electron chi connectivity index (χ0n) is 11.5. The monoisotopic (exact) mass is 291 g/mol. The van der Waals surface area contributed by atoms with Crippen LogP contribution in [-0.2, 0) is 6.54 Å². The van der Waals surface area contributed by atoms with Crippen LogP contribution in [0, 0.1) is 11.6 Å². The molecule has 0 spiro atoms. The van der Waals surface area contributed by atoms with Crippen LogP contribution in [0.4, 0.5) is 14.6 Å². The smallest absolute Gasteiger partial charge is 0.251 e. The highest BCUT2D eigenvalue weighted by atomic mass is 19.1. The number of rotatable bonds is 5. The quantitative estimate of drug-likeness (QED) is 0.890. The zero-order chi connectivity index (χ0) is 15.2. The second-order valence-corrected chi connectivity index (χ2v) is 4.38. The van der Waals surface area contributed by atoms with Crippen LogP contribution in [0.3, 0.4) is 0 Å². The maximum atomic E-state index is 13.5. The van der Waals surface area contributed by atoms with Gasteiger partial charge in [0.15, 0.2) is 0 Å². The van der Waals surface area contributed by atoms with Gasteiger partial charge in [-0.15, -0.1) is 0 Å². The van der Waals surface area contributed by atoms with E-state index in [4.69, 9.17) is 0 Å². The normalized spacial score (nSPS) is 10.2. The van der Waals surface area contributed by atoms with Gasteiger partial charge in [-0.3, -0.25) is 4.79 Å². The van der Waals surface area contributed by atoms with Gasteiger partial charge in [0.25, 0.3) is 5.91 Å². The fourth-order valence-electron chi connectivity index (χ4n) is 1.79. The van der Waals surface area contributed by atoms with Gasteiger partial charge in [0, 0.05) is 36.5 Å². The minimum absolute atomic E-state index is 0.0101. The molecule has 0 saturated heterocycles. The molecule has 21 heavy (non-hydrogen) atoms. The second kappa shape index (κ2) is 6.78. The molecule has 0 aliphatic carbocycles. The number of nitrogens with one attached hydrogen (secondary N) is 2. The summed E-state index contributed by atoms with van der Waals surface area (Å²) in [6.45, 7) is 2.61. The molecule has 1 heterocycles. The first-order valence-corrected chi connectivity index (χ1v) is 6.52. The Balaban J connectivity index is 2.02. The molecule has 0 atom stereocenters. The van der Waals surface area contributed by atoms with Gasteiger partial charge in [-0.05, 0) is 25.1 Å². The van der Waals surface area contributed by atoms with Crippen LogP contribution in [0.1, 0.15) is 22.8 Å². The van der Waals surface area contributed by atoms with E-state index in [-0.39, 0.29) is 18.0 Å². The number of hydrogen-bond donors (Lipinski definition) is 2. The summed E-state index contributed by atoms with van der Waals surface area (Å²) in [6, 6.07) is 6.43. The van der Waals surface area contributed by atoms with Crippen LogP contribution >= 0.6 is 0 Å². The first-order valence-electron chi connectivity index (χ1n) is 6.52. The highest BCUT2D eigenvalue weighted by Crippen LogP contribution is 2.10. The molecule has 0 unspecified atom stereocenters. The van der Waals surface area contributed by atoms with E-state index in [1.165, 1.54) is 12.3 Å². The maximum absolute atomic E-state index is 13.5. The molecule has 1 aromatic carbocycles. The Hall–Kier alpha value is -2.50. The van der Waals surface area contributed by atoms with Crippen LogP contribution < -0.4 is 10.6 Å². The standard InChI is InChI=1S/C15H15F2N3O/c1-2-18-14-7-10(5-6-19-14)15(21)20-9-11-3-4-12(16)8-13(11)17/h3-8H,2,9H2,1H3,(H,18,19)(H,20,21). The van der Waals surface area contributed by atoms with Crippen molar-refractivity contribution in [2.45, 2.75) is 13.5 Å². The maximum Gasteiger partial charge on any atom is 0.251 e. The number of halogens is 2. The van der Waals surface area contributed by atoms with Crippen molar-refractivity contribution in [1.82, 2.24) is 10.3 Å². The number of carbonyl (C=O) groups is 1. The first kappa shape index (κ1) is 14.9. The third-order valence-electron chi connectivity index (χ3n) is 2.83. The minimum Gasteiger partial charge on any atom is -0.370 e. The number of hydrogen-bond acceptors (Lipinski definition) is 3. The highest BCUT2D eigenvalue weighted by molar-refractivity contribution is 5.94. The van der Waals surface area contributed by atoms with Gasteiger partial charge in [-0.2, -0.15) is 0 Å². The molecule has 0 aliphatic heterocycles. The van der Waals surface area contributed by atoms with Gasteiger partial charge in [-0.25, -0.2) is 13.8 Å². The van der Waals surface area contributed by atoms with Crippen molar-refractivity contribution in [3.8, 4) is 0 Å². The predicted octanol–water partition coefficient (Wildman–Crippen LogP) is 2.72. The molecule has 0 aliphatic rings. The number of nitrogens with zero attached hydrogens (tertiary/aromatic N) is 1. The van der Waals surface area contributed by atoms with E-state index in [0.29, 0.717) is 17.9 Å². The van der Waals surface area contributed by atoms with E-state index in [2.05, 4.69) is 15.6 Å². The zero-order valence-corrected chi connectivity index (χ0v) is 11.5. The minimum atomic E-state index is -0.682. The molecule has 2 rings (SSSR count). The van der Waals surface area contributed by atoms with Crippen molar-refractivity contribution in [2.75, 3.05) is 11.9 Å². The fraction of sp³-hybridized carbons (Fsp3) is 0.200. The molecular weight excluding hydrogens is 276 g/mol. The lowest BCUT2D eigenvalue weighted by molar-refractivity contribution is 0.0950. The third-order valence-corrected chi connectivity index (χ3v) is 2.83. The van der Waals surface area contributed by atoms with Gasteiger partial charge in [-0.1, -0.05) is 6.07 Å². The number of benzene rings is 1. The summed E-state index contributed by atoms with van der Waals surface area (Å²) in [5.74, 6) is -1.08. The molecule has 2 N–H and O–H groups in total. The summed E-state index contributed by atoms with van der Waals surface area (Å²) in [5.41, 5.74) is 0.647. The average molecular weight is 291 g/mol. The molecule has 1 aromatic heterocycles. The Morgan fingerprint density at radius 3 is 2.76 bits per heavy atom. The Labute approximate surface area is 121 Å². The van der Waals surface area contributed by atoms with Gasteiger partial charge >= 0.3 is 0 Å². The molecule has 0 radical (unpaired) electrons. The van der Waals surface area contributed by atoms with E-state index in [0.717, 1.165) is 12.1 Å². The van der Waals surface area contributed by atoms with Crippen LogP contribution in [0.2, 0.25) is 0 Å². The number of carbonyl (C=O) groups excluding carboxylic acids is 1. The predicted molar refractivity (Wildman–Crippen MR) is 75.9 cm³/mol. The van der Waals surface area contributed by atoms with Crippen molar-refractivity contribution < 1.29 is 13.6 Å². The topological polar surface area (TPSA) is 54.0 Å². The van der Waals surface area contributed by atoms with E-state index in [1.807, 2.05) is 6.92 Å². The third kappa shape index (κ3) is 3.98. The molecule has 1 amide bonds. The Morgan fingerprint density at radius 1 is 1.24 bits per heavy atom. The second-order valence-electron chi connectivity index (χ2n) is 4.38. The summed E-state index contributed by atoms with van der Waals surface area (Å²) < 4.78 is 26.2. The largest absolute Gasteiger partial charge is 0.370 e. The SMILES string of the molecule is CCNc1cc(C(=O)NCc2ccc(F)cc2F)ccn1. The number of pyridine rings is 1. The number of anilines is 1. The van der Waals surface area contributed by atoms with E-state index in [1.54, 1.807) is 12.1 Å². The van der Waals surface area contributed by atoms with Gasteiger partial charge in [0.05, 0.1) is 0 Å². The number of aromatic nitrogens is 1. The Morgan fingerprint density at radius 2 is 2.05 bits per heavy atom. The summed E-state index contributed by atoms with van der Waals surface area (Å²) in [6.07, 6.45) is 1.52. The summed E-state index contributed by atoms with van der Waals surface area (Å²) in [4.78, 5) is 16.1. The molecule has 110 valence electrons. The van der Waals surface area contributed by atoms with Crippen molar-refractivity contribution in [3.05, 3.63) is 59.3 Å². The lowest BCUT2D eigenvalue weighted by Gasteiger charge is -2.08. The van der Waals surface area contributed by atoms with Crippen molar-refractivity contribution in [3.63, 3.8) is 0 Å². The molecule has 2 aromatic rings. The Bertz CT molecular complexity index is 647. The highest BCUT2D eigenvalue weighted by Gasteiger charge is 2.09. The molecule has 6 heteroatoms. The van der Waals surface area contributed by atoms with Crippen LogP contribution in [-0.4, -0.2) is 17.4 Å². The average Bonchev–Trinajstić information content (AvgIpc) is 2.47. The first-order chi connectivity index (χ1) is 10.1. The van der Waals surface area contributed by atoms with Crippen molar-refractivity contribution in [1.29, 1.82) is 0 Å². The van der Waals surface area contributed by atoms with Crippen molar-refractivity contribution in [2.24, 2.45) is 0 Å². The molecule has 0 saturated carbocycles. The van der Waals surface area contributed by atoms with E-state index >= 15 is 0 Å². The van der Waals surface area contributed by atoms with Gasteiger partial charge in [0.1, 0.15) is 17.5 Å². The van der Waals surface area contributed by atoms with Crippen LogP contribution in [0.15, 0.2) is 36.5 Å². The fourth-order valence-corrected chi connectivity index (χ4v) is 1.79. The van der Waals surface area contributed by atoms with Gasteiger partial charge < -0.3 is 10.6 Å². The van der Waals surface area contributed by atoms with Gasteiger partial charge in [0.2, 0.25) is 0 Å². The lowest BCUT2D eigenvalue weighted by Crippen LogP contribution is -2.23. The van der Waals surface area contributed by atoms with Crippen LogP contribution in [0.5, 0.6) is 0 Å². The summed E-state index contributed by atoms with van der Waals surface area (Å²) >= 11 is 0. The van der Waals surface area contributed by atoms with Crippen molar-refractivity contribution >= 4 is 11.7 Å². The molecule has 0 fully saturated rings. The van der Waals surface area contributed by atoms with E-state index < -0.39 is 11.6 Å².